The van der Waals surface area contributed by atoms with Crippen LogP contribution in [0.3, 0.4) is 0 Å². The third-order valence-corrected chi connectivity index (χ3v) is 4.81. The first-order valence-electron chi connectivity index (χ1n) is 6.25. The predicted octanol–water partition coefficient (Wildman–Crippen LogP) is 1.16. The van der Waals surface area contributed by atoms with E-state index in [1.165, 1.54) is 16.2 Å². The van der Waals surface area contributed by atoms with Crippen molar-refractivity contribution in [3.8, 4) is 6.07 Å². The molecule has 1 aromatic rings. The highest BCUT2D eigenvalue weighted by Gasteiger charge is 2.39. The SMILES string of the molecule is CC1CC(=O)N(c2sc3c(c2C#N)CCNC3)C1=O. The summed E-state index contributed by atoms with van der Waals surface area (Å²) in [6, 6.07) is 2.17. The van der Waals surface area contributed by atoms with Gasteiger partial charge in [-0.2, -0.15) is 5.26 Å². The van der Waals surface area contributed by atoms with E-state index >= 15 is 0 Å². The van der Waals surface area contributed by atoms with Gasteiger partial charge in [0.05, 0.1) is 5.56 Å². The zero-order valence-electron chi connectivity index (χ0n) is 10.5. The molecule has 0 saturated carbocycles. The number of carbonyl (C=O) groups excluding carboxylic acids is 2. The molecule has 1 N–H and O–H groups in total. The van der Waals surface area contributed by atoms with E-state index in [0.29, 0.717) is 17.1 Å². The zero-order chi connectivity index (χ0) is 13.6. The lowest BCUT2D eigenvalue weighted by atomic mass is 10.0. The van der Waals surface area contributed by atoms with Crippen molar-refractivity contribution in [1.29, 1.82) is 5.26 Å². The molecule has 0 radical (unpaired) electrons. The van der Waals surface area contributed by atoms with Gasteiger partial charge in [0.15, 0.2) is 0 Å². The first-order valence-corrected chi connectivity index (χ1v) is 7.07. The van der Waals surface area contributed by atoms with Crippen LogP contribution in [0.25, 0.3) is 0 Å². The number of anilines is 1. The van der Waals surface area contributed by atoms with Crippen molar-refractivity contribution in [2.75, 3.05) is 11.4 Å². The van der Waals surface area contributed by atoms with Crippen molar-refractivity contribution in [2.45, 2.75) is 26.3 Å². The highest BCUT2D eigenvalue weighted by atomic mass is 32.1. The molecule has 0 aliphatic carbocycles. The van der Waals surface area contributed by atoms with Crippen molar-refractivity contribution < 1.29 is 9.59 Å². The molecule has 0 spiro atoms. The Balaban J connectivity index is 2.11. The van der Waals surface area contributed by atoms with E-state index in [2.05, 4.69) is 11.4 Å². The van der Waals surface area contributed by atoms with Gasteiger partial charge in [0.1, 0.15) is 11.1 Å². The number of nitrogens with one attached hydrogen (secondary N) is 1. The van der Waals surface area contributed by atoms with Gasteiger partial charge >= 0.3 is 0 Å². The maximum atomic E-state index is 12.1. The molecule has 0 bridgehead atoms. The van der Waals surface area contributed by atoms with Gasteiger partial charge in [-0.1, -0.05) is 6.92 Å². The molecule has 3 heterocycles. The van der Waals surface area contributed by atoms with Crippen LogP contribution in [0.4, 0.5) is 5.00 Å². The van der Waals surface area contributed by atoms with Gasteiger partial charge < -0.3 is 5.32 Å². The quantitative estimate of drug-likeness (QED) is 0.781. The van der Waals surface area contributed by atoms with Crippen LogP contribution in [0.5, 0.6) is 0 Å². The number of imide groups is 1. The van der Waals surface area contributed by atoms with E-state index in [1.807, 2.05) is 0 Å². The third kappa shape index (κ3) is 1.78. The van der Waals surface area contributed by atoms with Gasteiger partial charge in [0.25, 0.3) is 0 Å². The Hall–Kier alpha value is -1.71. The fourth-order valence-corrected chi connectivity index (χ4v) is 3.88. The summed E-state index contributed by atoms with van der Waals surface area (Å²) < 4.78 is 0. The Bertz CT molecular complexity index is 614. The van der Waals surface area contributed by atoms with Crippen LogP contribution in [0, 0.1) is 17.2 Å². The molecule has 2 aliphatic rings. The third-order valence-electron chi connectivity index (χ3n) is 3.60. The number of carbonyl (C=O) groups is 2. The molecule has 1 aromatic heterocycles. The average Bonchev–Trinajstić information content (AvgIpc) is 2.87. The van der Waals surface area contributed by atoms with E-state index in [4.69, 9.17) is 0 Å². The predicted molar refractivity (Wildman–Crippen MR) is 70.7 cm³/mol. The summed E-state index contributed by atoms with van der Waals surface area (Å²) in [5, 5.41) is 13.1. The van der Waals surface area contributed by atoms with Crippen LogP contribution in [0.15, 0.2) is 0 Å². The van der Waals surface area contributed by atoms with Gasteiger partial charge in [0, 0.05) is 23.8 Å². The summed E-state index contributed by atoms with van der Waals surface area (Å²) in [7, 11) is 0. The average molecular weight is 275 g/mol. The van der Waals surface area contributed by atoms with Crippen molar-refractivity contribution >= 4 is 28.2 Å². The summed E-state index contributed by atoms with van der Waals surface area (Å²) in [6.07, 6.45) is 1.02. The molecule has 1 unspecified atom stereocenters. The van der Waals surface area contributed by atoms with E-state index in [1.54, 1.807) is 6.92 Å². The Morgan fingerprint density at radius 1 is 1.47 bits per heavy atom. The number of hydrogen-bond acceptors (Lipinski definition) is 5. The lowest BCUT2D eigenvalue weighted by Crippen LogP contribution is -2.29. The number of thiophene rings is 1. The lowest BCUT2D eigenvalue weighted by Gasteiger charge is -2.13. The van der Waals surface area contributed by atoms with E-state index < -0.39 is 0 Å². The number of rotatable bonds is 1. The molecule has 5 nitrogen and oxygen atoms in total. The second kappa shape index (κ2) is 4.44. The maximum Gasteiger partial charge on any atom is 0.237 e. The van der Waals surface area contributed by atoms with Crippen molar-refractivity contribution in [3.63, 3.8) is 0 Å². The first-order chi connectivity index (χ1) is 9.13. The molecule has 2 amide bonds. The second-order valence-corrected chi connectivity index (χ2v) is 5.98. The molecule has 19 heavy (non-hydrogen) atoms. The molecule has 1 atom stereocenters. The van der Waals surface area contributed by atoms with Crippen molar-refractivity contribution in [1.82, 2.24) is 5.32 Å². The van der Waals surface area contributed by atoms with Crippen molar-refractivity contribution in [2.24, 2.45) is 5.92 Å². The van der Waals surface area contributed by atoms with Crippen LogP contribution in [0.1, 0.15) is 29.3 Å². The highest BCUT2D eigenvalue weighted by Crippen LogP contribution is 2.40. The van der Waals surface area contributed by atoms with Crippen LogP contribution in [-0.4, -0.2) is 18.4 Å². The number of fused-ring (bicyclic) bond motifs is 1. The van der Waals surface area contributed by atoms with Gasteiger partial charge in [-0.05, 0) is 18.5 Å². The molecular formula is C13H13N3O2S. The number of nitrogens with zero attached hydrogens (tertiary/aromatic N) is 2. The Morgan fingerprint density at radius 3 is 2.89 bits per heavy atom. The number of hydrogen-bond donors (Lipinski definition) is 1. The summed E-state index contributed by atoms with van der Waals surface area (Å²) >= 11 is 1.39. The fraction of sp³-hybridized carbons (Fsp3) is 0.462. The molecule has 1 fully saturated rings. The topological polar surface area (TPSA) is 73.2 Å². The zero-order valence-corrected chi connectivity index (χ0v) is 11.3. The first kappa shape index (κ1) is 12.3. The lowest BCUT2D eigenvalue weighted by molar-refractivity contribution is -0.122. The summed E-state index contributed by atoms with van der Waals surface area (Å²) in [5.74, 6) is -0.662. The molecule has 6 heteroatoms. The van der Waals surface area contributed by atoms with Gasteiger partial charge in [-0.25, -0.2) is 4.90 Å². The minimum atomic E-state index is -0.281. The largest absolute Gasteiger partial charge is 0.312 e. The van der Waals surface area contributed by atoms with Crippen LogP contribution in [0.2, 0.25) is 0 Å². The van der Waals surface area contributed by atoms with Crippen LogP contribution < -0.4 is 10.2 Å². The second-order valence-electron chi connectivity index (χ2n) is 4.90. The molecule has 1 saturated heterocycles. The van der Waals surface area contributed by atoms with Crippen LogP contribution >= 0.6 is 11.3 Å². The molecular weight excluding hydrogens is 262 g/mol. The maximum absolute atomic E-state index is 12.1. The number of nitriles is 1. The Labute approximate surface area is 114 Å². The molecule has 2 aliphatic heterocycles. The summed E-state index contributed by atoms with van der Waals surface area (Å²) in [6.45, 7) is 3.29. The molecule has 3 rings (SSSR count). The minimum Gasteiger partial charge on any atom is -0.312 e. The minimum absolute atomic E-state index is 0.187. The Kier molecular flexibility index (Phi) is 2.88. The van der Waals surface area contributed by atoms with Gasteiger partial charge in [-0.15, -0.1) is 11.3 Å². The summed E-state index contributed by atoms with van der Waals surface area (Å²) in [4.78, 5) is 26.3. The van der Waals surface area contributed by atoms with E-state index in [-0.39, 0.29) is 24.2 Å². The van der Waals surface area contributed by atoms with Crippen molar-refractivity contribution in [3.05, 3.63) is 16.0 Å². The monoisotopic (exact) mass is 275 g/mol. The number of amides is 2. The fourth-order valence-electron chi connectivity index (χ4n) is 2.59. The smallest absolute Gasteiger partial charge is 0.237 e. The van der Waals surface area contributed by atoms with Crippen LogP contribution in [-0.2, 0) is 22.6 Å². The van der Waals surface area contributed by atoms with Gasteiger partial charge in [0.2, 0.25) is 11.8 Å². The summed E-state index contributed by atoms with van der Waals surface area (Å²) in [5.41, 5.74) is 1.51. The standard InChI is InChI=1S/C13H13N3O2S/c1-7-4-11(17)16(12(7)18)13-9(5-14)8-2-3-15-6-10(8)19-13/h7,15H,2-4,6H2,1H3. The van der Waals surface area contributed by atoms with E-state index in [0.717, 1.165) is 23.4 Å². The normalized spacial score (nSPS) is 22.5. The molecule has 0 aromatic carbocycles. The molecule has 98 valence electrons. The Morgan fingerprint density at radius 2 is 2.26 bits per heavy atom. The highest BCUT2D eigenvalue weighted by molar-refractivity contribution is 7.17. The van der Waals surface area contributed by atoms with Gasteiger partial charge in [-0.3, -0.25) is 9.59 Å². The van der Waals surface area contributed by atoms with E-state index in [9.17, 15) is 14.9 Å².